The summed E-state index contributed by atoms with van der Waals surface area (Å²) in [5.74, 6) is 0.851. The average Bonchev–Trinajstić information content (AvgIpc) is 2.70. The summed E-state index contributed by atoms with van der Waals surface area (Å²) >= 11 is 6.11. The van der Waals surface area contributed by atoms with E-state index in [4.69, 9.17) is 26.1 Å². The molecule has 0 spiro atoms. The second kappa shape index (κ2) is 15.2. The van der Waals surface area contributed by atoms with Crippen molar-refractivity contribution in [1.29, 1.82) is 0 Å². The zero-order valence-corrected chi connectivity index (χ0v) is 20.9. The number of nitrogens with zero attached hydrogens (tertiary/aromatic N) is 2. The van der Waals surface area contributed by atoms with E-state index in [2.05, 4.69) is 22.5 Å². The van der Waals surface area contributed by atoms with Crippen molar-refractivity contribution in [3.05, 3.63) is 34.9 Å². The number of rotatable bonds is 10. The highest BCUT2D eigenvalue weighted by molar-refractivity contribution is 14.0. The Balaban J connectivity index is 0.00000420. The first-order valence-corrected chi connectivity index (χ1v) is 10.6. The Kier molecular flexibility index (Phi) is 13.9. The minimum atomic E-state index is -0.114. The highest BCUT2D eigenvalue weighted by Crippen LogP contribution is 2.20. The second-order valence-corrected chi connectivity index (χ2v) is 7.54. The first-order valence-electron chi connectivity index (χ1n) is 10.2. The van der Waals surface area contributed by atoms with Gasteiger partial charge in [-0.1, -0.05) is 23.7 Å². The Hall–Kier alpha value is -0.610. The van der Waals surface area contributed by atoms with Crippen LogP contribution < -0.4 is 10.6 Å². The summed E-state index contributed by atoms with van der Waals surface area (Å²) in [4.78, 5) is 7.28. The molecule has 1 aliphatic heterocycles. The minimum absolute atomic E-state index is 0. The number of aliphatic imine (C=N–C) groups is 1. The van der Waals surface area contributed by atoms with Gasteiger partial charge in [-0.25, -0.2) is 0 Å². The number of hydrogen-bond acceptors (Lipinski definition) is 4. The molecule has 1 atom stereocenters. The summed E-state index contributed by atoms with van der Waals surface area (Å²) in [6.45, 7) is 7.64. The summed E-state index contributed by atoms with van der Waals surface area (Å²) in [6, 6.07) is 8.22. The Morgan fingerprint density at radius 2 is 2.07 bits per heavy atom. The largest absolute Gasteiger partial charge is 0.385 e. The highest BCUT2D eigenvalue weighted by Gasteiger charge is 2.20. The number of methoxy groups -OCH3 is 2. The van der Waals surface area contributed by atoms with Crippen molar-refractivity contribution >= 4 is 41.5 Å². The maximum atomic E-state index is 6.11. The fraction of sp³-hybridized carbons (Fsp3) is 0.667. The Morgan fingerprint density at radius 1 is 1.31 bits per heavy atom. The molecule has 0 amide bonds. The van der Waals surface area contributed by atoms with Gasteiger partial charge in [0.05, 0.1) is 6.54 Å². The molecule has 6 nitrogen and oxygen atoms in total. The van der Waals surface area contributed by atoms with Crippen LogP contribution in [0.15, 0.2) is 29.3 Å². The molecule has 0 aliphatic carbocycles. The van der Waals surface area contributed by atoms with Crippen LogP contribution in [0.2, 0.25) is 5.02 Å². The molecule has 29 heavy (non-hydrogen) atoms. The van der Waals surface area contributed by atoms with Crippen molar-refractivity contribution in [2.45, 2.75) is 38.3 Å². The number of nitrogens with one attached hydrogen (secondary N) is 2. The Morgan fingerprint density at radius 3 is 2.69 bits per heavy atom. The van der Waals surface area contributed by atoms with Crippen LogP contribution in [-0.4, -0.2) is 70.5 Å². The van der Waals surface area contributed by atoms with Gasteiger partial charge in [0, 0.05) is 58.1 Å². The third-order valence-corrected chi connectivity index (χ3v) is 5.25. The molecule has 1 fully saturated rings. The lowest BCUT2D eigenvalue weighted by atomic mass is 10.1. The van der Waals surface area contributed by atoms with Gasteiger partial charge in [0.15, 0.2) is 5.96 Å². The van der Waals surface area contributed by atoms with E-state index in [9.17, 15) is 0 Å². The number of likely N-dealkylation sites (tertiary alicyclic amines) is 1. The molecule has 8 heteroatoms. The Bertz CT molecular complexity index is 598. The van der Waals surface area contributed by atoms with Crippen LogP contribution in [0.1, 0.15) is 37.9 Å². The van der Waals surface area contributed by atoms with E-state index in [1.54, 1.807) is 14.2 Å². The maximum absolute atomic E-state index is 6.11. The monoisotopic (exact) mass is 538 g/mol. The van der Waals surface area contributed by atoms with Crippen molar-refractivity contribution in [2.24, 2.45) is 4.99 Å². The molecule has 1 heterocycles. The molecule has 0 radical (unpaired) electrons. The van der Waals surface area contributed by atoms with E-state index in [0.717, 1.165) is 63.6 Å². The van der Waals surface area contributed by atoms with Gasteiger partial charge in [0.1, 0.15) is 6.10 Å². The van der Waals surface area contributed by atoms with Gasteiger partial charge in [0.2, 0.25) is 0 Å². The van der Waals surface area contributed by atoms with E-state index in [1.807, 2.05) is 24.3 Å². The molecule has 1 aromatic carbocycles. The summed E-state index contributed by atoms with van der Waals surface area (Å²) in [7, 11) is 3.47. The van der Waals surface area contributed by atoms with Gasteiger partial charge in [-0.3, -0.25) is 4.99 Å². The lowest BCUT2D eigenvalue weighted by Gasteiger charge is -2.33. The quantitative estimate of drug-likeness (QED) is 0.206. The standard InChI is InChI=1S/C21H35ClN4O2.HI/c1-4-23-21(24-16-20(28-3)17-7-5-8-18(22)15-17)25-19-9-12-26(13-10-19)11-6-14-27-2;/h5,7-8,15,19-20H,4,6,9-14,16H2,1-3H3,(H2,23,24,25);1H. The van der Waals surface area contributed by atoms with Crippen LogP contribution in [-0.2, 0) is 9.47 Å². The SMILES string of the molecule is CCNC(=NCC(OC)c1cccc(Cl)c1)NC1CCN(CCCOC)CC1.I. The lowest BCUT2D eigenvalue weighted by molar-refractivity contribution is 0.111. The van der Waals surface area contributed by atoms with Gasteiger partial charge in [0.25, 0.3) is 0 Å². The van der Waals surface area contributed by atoms with Gasteiger partial charge in [-0.2, -0.15) is 0 Å². The van der Waals surface area contributed by atoms with Crippen LogP contribution in [0.3, 0.4) is 0 Å². The predicted molar refractivity (Wildman–Crippen MR) is 132 cm³/mol. The van der Waals surface area contributed by atoms with E-state index in [0.29, 0.717) is 17.6 Å². The molecule has 1 aliphatic rings. The zero-order chi connectivity index (χ0) is 20.2. The number of benzene rings is 1. The van der Waals surface area contributed by atoms with E-state index < -0.39 is 0 Å². The molecule has 2 rings (SSSR count). The first kappa shape index (κ1) is 26.4. The fourth-order valence-electron chi connectivity index (χ4n) is 3.44. The van der Waals surface area contributed by atoms with Gasteiger partial charge < -0.3 is 25.0 Å². The summed E-state index contributed by atoms with van der Waals surface area (Å²) < 4.78 is 10.8. The smallest absolute Gasteiger partial charge is 0.191 e. The maximum Gasteiger partial charge on any atom is 0.191 e. The fourth-order valence-corrected chi connectivity index (χ4v) is 3.64. The number of halogens is 2. The van der Waals surface area contributed by atoms with Gasteiger partial charge >= 0.3 is 0 Å². The number of piperidine rings is 1. The minimum Gasteiger partial charge on any atom is -0.385 e. The van der Waals surface area contributed by atoms with Crippen molar-refractivity contribution in [2.75, 3.05) is 53.6 Å². The topological polar surface area (TPSA) is 58.1 Å². The van der Waals surface area contributed by atoms with E-state index >= 15 is 0 Å². The molecular weight excluding hydrogens is 503 g/mol. The van der Waals surface area contributed by atoms with Crippen LogP contribution in [0.25, 0.3) is 0 Å². The van der Waals surface area contributed by atoms with Crippen LogP contribution in [0.4, 0.5) is 0 Å². The average molecular weight is 539 g/mol. The Labute approximate surface area is 197 Å². The van der Waals surface area contributed by atoms with Crippen molar-refractivity contribution in [1.82, 2.24) is 15.5 Å². The summed E-state index contributed by atoms with van der Waals surface area (Å²) in [5, 5.41) is 7.66. The summed E-state index contributed by atoms with van der Waals surface area (Å²) in [6.07, 6.45) is 3.23. The van der Waals surface area contributed by atoms with Gasteiger partial charge in [-0.15, -0.1) is 24.0 Å². The molecule has 1 unspecified atom stereocenters. The highest BCUT2D eigenvalue weighted by atomic mass is 127. The van der Waals surface area contributed by atoms with Crippen LogP contribution in [0, 0.1) is 0 Å². The zero-order valence-electron chi connectivity index (χ0n) is 17.8. The van der Waals surface area contributed by atoms with Crippen molar-refractivity contribution < 1.29 is 9.47 Å². The predicted octanol–water partition coefficient (Wildman–Crippen LogP) is 3.70. The molecule has 2 N–H and O–H groups in total. The van der Waals surface area contributed by atoms with Gasteiger partial charge in [-0.05, 0) is 43.9 Å². The molecule has 1 saturated heterocycles. The lowest BCUT2D eigenvalue weighted by Crippen LogP contribution is -2.49. The molecule has 1 aromatic rings. The van der Waals surface area contributed by atoms with Crippen LogP contribution >= 0.6 is 35.6 Å². The normalized spacial score (nSPS) is 16.9. The molecule has 0 bridgehead atoms. The number of ether oxygens (including phenoxy) is 2. The van der Waals surface area contributed by atoms with E-state index in [1.165, 1.54) is 0 Å². The van der Waals surface area contributed by atoms with E-state index in [-0.39, 0.29) is 30.1 Å². The second-order valence-electron chi connectivity index (χ2n) is 7.11. The molecule has 0 saturated carbocycles. The number of hydrogen-bond donors (Lipinski definition) is 2. The third kappa shape index (κ3) is 9.83. The summed E-state index contributed by atoms with van der Waals surface area (Å²) in [5.41, 5.74) is 1.04. The molecule has 0 aromatic heterocycles. The van der Waals surface area contributed by atoms with Crippen molar-refractivity contribution in [3.63, 3.8) is 0 Å². The third-order valence-electron chi connectivity index (χ3n) is 5.02. The first-order chi connectivity index (χ1) is 13.7. The number of guanidine groups is 1. The van der Waals surface area contributed by atoms with Crippen LogP contribution in [0.5, 0.6) is 0 Å². The van der Waals surface area contributed by atoms with Crippen molar-refractivity contribution in [3.8, 4) is 0 Å². The molecule has 166 valence electrons. The molecular formula is C21H36ClIN4O2.